The molecule has 0 atom stereocenters. The number of pyridine rings is 1. The fourth-order valence-corrected chi connectivity index (χ4v) is 5.71. The molecule has 1 aliphatic heterocycles. The summed E-state index contributed by atoms with van der Waals surface area (Å²) in [5.74, 6) is -1.16. The van der Waals surface area contributed by atoms with Crippen LogP contribution >= 0.6 is 0 Å². The highest BCUT2D eigenvalue weighted by atomic mass is 19.1. The van der Waals surface area contributed by atoms with Crippen LogP contribution in [0.15, 0.2) is 49.1 Å². The van der Waals surface area contributed by atoms with Crippen LogP contribution in [0.5, 0.6) is 0 Å². The number of hydrogen-bond donors (Lipinski definition) is 1. The van der Waals surface area contributed by atoms with Gasteiger partial charge >= 0.3 is 0 Å². The fourth-order valence-electron chi connectivity index (χ4n) is 5.71. The van der Waals surface area contributed by atoms with Crippen molar-refractivity contribution in [2.24, 2.45) is 0 Å². The maximum atomic E-state index is 14.8. The van der Waals surface area contributed by atoms with Gasteiger partial charge in [0, 0.05) is 38.1 Å². The van der Waals surface area contributed by atoms with Crippen molar-refractivity contribution in [1.29, 1.82) is 0 Å². The number of carbonyl (C=O) groups excluding carboxylic acids is 2. The second-order valence-corrected chi connectivity index (χ2v) is 9.73. The van der Waals surface area contributed by atoms with Crippen molar-refractivity contribution in [3.05, 3.63) is 66.0 Å². The van der Waals surface area contributed by atoms with Gasteiger partial charge in [-0.05, 0) is 30.4 Å². The summed E-state index contributed by atoms with van der Waals surface area (Å²) in [6.07, 6.45) is 11.7. The summed E-state index contributed by atoms with van der Waals surface area (Å²) in [5.41, 5.74) is 2.90. The number of aromatic amines is 1. The van der Waals surface area contributed by atoms with E-state index >= 15 is 0 Å². The van der Waals surface area contributed by atoms with E-state index in [1.54, 1.807) is 11.1 Å². The van der Waals surface area contributed by atoms with Gasteiger partial charge in [0.2, 0.25) is 0 Å². The van der Waals surface area contributed by atoms with Crippen LogP contribution < -0.4 is 4.90 Å². The van der Waals surface area contributed by atoms with Gasteiger partial charge in [-0.1, -0.05) is 42.7 Å². The number of nitrogens with one attached hydrogen (secondary N) is 1. The molecule has 1 saturated carbocycles. The van der Waals surface area contributed by atoms with Crippen LogP contribution in [0.1, 0.15) is 53.9 Å². The first-order valence-electron chi connectivity index (χ1n) is 12.8. The quantitative estimate of drug-likeness (QED) is 0.329. The second-order valence-electron chi connectivity index (χ2n) is 9.73. The van der Waals surface area contributed by atoms with Gasteiger partial charge in [-0.25, -0.2) is 14.1 Å². The predicted octanol–water partition coefficient (Wildman–Crippen LogP) is 3.86. The van der Waals surface area contributed by atoms with Gasteiger partial charge in [0.25, 0.3) is 11.7 Å². The smallest absolute Gasteiger partial charge is 0.295 e. The van der Waals surface area contributed by atoms with Crippen LogP contribution in [-0.2, 0) is 4.79 Å². The third-order valence-electron chi connectivity index (χ3n) is 7.61. The number of hydrogen-bond acceptors (Lipinski definition) is 6. The normalized spacial score (nSPS) is 16.9. The summed E-state index contributed by atoms with van der Waals surface area (Å²) < 4.78 is 16.2. The number of anilines is 1. The van der Waals surface area contributed by atoms with Crippen molar-refractivity contribution in [1.82, 2.24) is 29.9 Å². The SMILES string of the molecule is O=C(C(=O)N1CCN(c2ccccc2C2CCCCC2)CC1)c1c[nH]c2c(-n3ccnn3)ncc(F)c12. The van der Waals surface area contributed by atoms with Crippen molar-refractivity contribution in [2.75, 3.05) is 31.1 Å². The van der Waals surface area contributed by atoms with Crippen LogP contribution in [0.25, 0.3) is 16.7 Å². The Labute approximate surface area is 213 Å². The highest BCUT2D eigenvalue weighted by Gasteiger charge is 2.31. The third-order valence-corrected chi connectivity index (χ3v) is 7.61. The molecule has 9 nitrogen and oxygen atoms in total. The number of rotatable bonds is 5. The third kappa shape index (κ3) is 4.26. The number of aromatic nitrogens is 5. The molecular formula is C27H28FN7O2. The Hall–Kier alpha value is -4.08. The van der Waals surface area contributed by atoms with E-state index in [0.717, 1.165) is 6.20 Å². The zero-order chi connectivity index (χ0) is 25.4. The minimum absolute atomic E-state index is 0.00802. The van der Waals surface area contributed by atoms with E-state index in [-0.39, 0.29) is 16.5 Å². The highest BCUT2D eigenvalue weighted by Crippen LogP contribution is 2.38. The van der Waals surface area contributed by atoms with Gasteiger partial charge in [-0.15, -0.1) is 5.10 Å². The maximum Gasteiger partial charge on any atom is 0.295 e. The predicted molar refractivity (Wildman–Crippen MR) is 136 cm³/mol. The molecule has 2 aliphatic rings. The standard InChI is InChI=1S/C27H28FN7O2/c28-21-17-30-26(35-11-10-31-32-35)24-23(21)20(16-29-24)25(36)27(37)34-14-12-33(13-15-34)22-9-5-4-8-19(22)18-6-2-1-3-7-18/h4-5,8-11,16-18,29H,1-3,6-7,12-15H2. The van der Waals surface area contributed by atoms with Crippen molar-refractivity contribution in [3.8, 4) is 5.82 Å². The number of halogens is 1. The number of ketones is 1. The first kappa shape index (κ1) is 23.3. The number of piperazine rings is 1. The Morgan fingerprint density at radius 1 is 1.03 bits per heavy atom. The molecule has 37 heavy (non-hydrogen) atoms. The highest BCUT2D eigenvalue weighted by molar-refractivity contribution is 6.45. The summed E-state index contributed by atoms with van der Waals surface area (Å²) in [6.45, 7) is 2.15. The summed E-state index contributed by atoms with van der Waals surface area (Å²) in [4.78, 5) is 37.3. The summed E-state index contributed by atoms with van der Waals surface area (Å²) in [5, 5.41) is 7.67. The molecule has 6 rings (SSSR count). The van der Waals surface area contributed by atoms with Gasteiger partial charge in [-0.3, -0.25) is 9.59 Å². The molecule has 1 N–H and O–H groups in total. The van der Waals surface area contributed by atoms with Gasteiger partial charge < -0.3 is 14.8 Å². The monoisotopic (exact) mass is 501 g/mol. The van der Waals surface area contributed by atoms with Crippen molar-refractivity contribution >= 4 is 28.3 Å². The minimum atomic E-state index is -0.739. The molecule has 1 amide bonds. The molecule has 4 aromatic rings. The number of Topliss-reactive ketones (excluding diaryl/α,β-unsaturated/α-hetero) is 1. The van der Waals surface area contributed by atoms with Gasteiger partial charge in [0.1, 0.15) is 0 Å². The topological polar surface area (TPSA) is 100 Å². The molecule has 1 saturated heterocycles. The lowest BCUT2D eigenvalue weighted by Crippen LogP contribution is -2.51. The van der Waals surface area contributed by atoms with Crippen LogP contribution in [0.4, 0.5) is 10.1 Å². The van der Waals surface area contributed by atoms with Crippen LogP contribution in [0.3, 0.4) is 0 Å². The Bertz CT molecular complexity index is 1430. The lowest BCUT2D eigenvalue weighted by Gasteiger charge is -2.38. The zero-order valence-electron chi connectivity index (χ0n) is 20.4. The maximum absolute atomic E-state index is 14.8. The fraction of sp³-hybridized carbons (Fsp3) is 0.370. The molecule has 3 aromatic heterocycles. The molecule has 2 fully saturated rings. The van der Waals surface area contributed by atoms with E-state index in [1.807, 2.05) is 0 Å². The number of nitrogens with zero attached hydrogens (tertiary/aromatic N) is 6. The Balaban J connectivity index is 1.19. The molecule has 10 heteroatoms. The van der Waals surface area contributed by atoms with Crippen LogP contribution in [0.2, 0.25) is 0 Å². The molecular weight excluding hydrogens is 473 g/mol. The lowest BCUT2D eigenvalue weighted by molar-refractivity contribution is -0.126. The van der Waals surface area contributed by atoms with Gasteiger partial charge in [-0.2, -0.15) is 0 Å². The number of benzene rings is 1. The Morgan fingerprint density at radius 2 is 1.81 bits per heavy atom. The van der Waals surface area contributed by atoms with E-state index in [4.69, 9.17) is 0 Å². The Morgan fingerprint density at radius 3 is 2.57 bits per heavy atom. The molecule has 0 unspecified atom stereocenters. The van der Waals surface area contributed by atoms with Gasteiger partial charge in [0.05, 0.1) is 35.1 Å². The molecule has 0 spiro atoms. The largest absolute Gasteiger partial charge is 0.368 e. The number of para-hydroxylation sites is 1. The first-order chi connectivity index (χ1) is 18.1. The average Bonchev–Trinajstić information content (AvgIpc) is 3.65. The molecule has 1 aromatic carbocycles. The lowest BCUT2D eigenvalue weighted by atomic mass is 9.83. The molecule has 1 aliphatic carbocycles. The summed E-state index contributed by atoms with van der Waals surface area (Å²) in [6, 6.07) is 8.58. The van der Waals surface area contributed by atoms with E-state index in [2.05, 4.69) is 49.4 Å². The molecule has 190 valence electrons. The molecule has 0 bridgehead atoms. The second kappa shape index (κ2) is 9.76. The number of H-pyrrole nitrogens is 1. The van der Waals surface area contributed by atoms with Crippen LogP contribution in [0, 0.1) is 5.82 Å². The Kier molecular flexibility index (Phi) is 6.15. The molecule has 4 heterocycles. The van der Waals surface area contributed by atoms with Crippen LogP contribution in [-0.4, -0.2) is 67.7 Å². The zero-order valence-corrected chi connectivity index (χ0v) is 20.4. The van der Waals surface area contributed by atoms with Crippen molar-refractivity contribution in [2.45, 2.75) is 38.0 Å². The average molecular weight is 502 g/mol. The number of fused-ring (bicyclic) bond motifs is 1. The number of carbonyl (C=O) groups is 2. The van der Waals surface area contributed by atoms with E-state index in [1.165, 1.54) is 60.4 Å². The summed E-state index contributed by atoms with van der Waals surface area (Å²) >= 11 is 0. The van der Waals surface area contributed by atoms with E-state index in [9.17, 15) is 14.0 Å². The van der Waals surface area contributed by atoms with Crippen molar-refractivity contribution in [3.63, 3.8) is 0 Å². The van der Waals surface area contributed by atoms with E-state index in [0.29, 0.717) is 37.9 Å². The van der Waals surface area contributed by atoms with E-state index < -0.39 is 17.5 Å². The minimum Gasteiger partial charge on any atom is -0.368 e. The summed E-state index contributed by atoms with van der Waals surface area (Å²) in [7, 11) is 0. The van der Waals surface area contributed by atoms with Crippen molar-refractivity contribution < 1.29 is 14.0 Å². The number of amides is 1. The molecule has 0 radical (unpaired) electrons. The van der Waals surface area contributed by atoms with Gasteiger partial charge in [0.15, 0.2) is 11.6 Å². The first-order valence-corrected chi connectivity index (χ1v) is 12.8.